The highest BCUT2D eigenvalue weighted by Crippen LogP contribution is 2.27. The number of nitrogens with one attached hydrogen (secondary N) is 1. The standard InChI is InChI=1S/C18H19ClN2O/c1-13-2-4-14(5-3-13)15-10-11-21(12-15)18(22)20-17-8-6-16(19)7-9-17/h2-9,15H,10-12H2,1H3,(H,20,22)/t15-/m1/s1. The number of benzene rings is 2. The molecular weight excluding hydrogens is 296 g/mol. The second-order valence-corrected chi connectivity index (χ2v) is 6.22. The molecule has 1 fully saturated rings. The number of carbonyl (C=O) groups is 1. The molecule has 2 aromatic carbocycles. The van der Waals surface area contributed by atoms with Crippen LogP contribution in [0, 0.1) is 6.92 Å². The van der Waals surface area contributed by atoms with Crippen LogP contribution in [0.25, 0.3) is 0 Å². The summed E-state index contributed by atoms with van der Waals surface area (Å²) in [7, 11) is 0. The third kappa shape index (κ3) is 3.42. The summed E-state index contributed by atoms with van der Waals surface area (Å²) in [5.41, 5.74) is 3.35. The van der Waals surface area contributed by atoms with Gasteiger partial charge in [-0.25, -0.2) is 4.79 Å². The van der Waals surface area contributed by atoms with Crippen molar-refractivity contribution in [1.29, 1.82) is 0 Å². The normalized spacial score (nSPS) is 17.5. The van der Waals surface area contributed by atoms with Crippen LogP contribution >= 0.6 is 11.6 Å². The van der Waals surface area contributed by atoms with Crippen LogP contribution in [0.3, 0.4) is 0 Å². The van der Waals surface area contributed by atoms with Crippen molar-refractivity contribution in [1.82, 2.24) is 4.90 Å². The van der Waals surface area contributed by atoms with Gasteiger partial charge in [-0.15, -0.1) is 0 Å². The Morgan fingerprint density at radius 3 is 2.50 bits per heavy atom. The lowest BCUT2D eigenvalue weighted by Crippen LogP contribution is -2.32. The van der Waals surface area contributed by atoms with E-state index in [9.17, 15) is 4.79 Å². The first-order chi connectivity index (χ1) is 10.6. The number of carbonyl (C=O) groups excluding carboxylic acids is 1. The first-order valence-electron chi connectivity index (χ1n) is 7.50. The van der Waals surface area contributed by atoms with Gasteiger partial charge in [0.25, 0.3) is 0 Å². The zero-order valence-electron chi connectivity index (χ0n) is 12.6. The lowest BCUT2D eigenvalue weighted by atomic mass is 9.98. The fourth-order valence-corrected chi connectivity index (χ4v) is 2.92. The number of halogens is 1. The Balaban J connectivity index is 1.61. The topological polar surface area (TPSA) is 32.3 Å². The number of rotatable bonds is 2. The highest BCUT2D eigenvalue weighted by molar-refractivity contribution is 6.30. The maximum Gasteiger partial charge on any atom is 0.321 e. The van der Waals surface area contributed by atoms with Crippen molar-refractivity contribution >= 4 is 23.3 Å². The van der Waals surface area contributed by atoms with Gasteiger partial charge in [0.2, 0.25) is 0 Å². The molecule has 3 rings (SSSR count). The van der Waals surface area contributed by atoms with Crippen LogP contribution in [-0.2, 0) is 0 Å². The molecule has 22 heavy (non-hydrogen) atoms. The number of anilines is 1. The van der Waals surface area contributed by atoms with Crippen molar-refractivity contribution in [2.75, 3.05) is 18.4 Å². The van der Waals surface area contributed by atoms with Crippen molar-refractivity contribution in [3.05, 3.63) is 64.7 Å². The zero-order chi connectivity index (χ0) is 15.5. The summed E-state index contributed by atoms with van der Waals surface area (Å²) in [6, 6.07) is 15.7. The maximum absolute atomic E-state index is 12.3. The predicted octanol–water partition coefficient (Wildman–Crippen LogP) is 4.67. The molecule has 114 valence electrons. The quantitative estimate of drug-likeness (QED) is 0.858. The van der Waals surface area contributed by atoms with Crippen molar-refractivity contribution < 1.29 is 4.79 Å². The zero-order valence-corrected chi connectivity index (χ0v) is 13.3. The number of hydrogen-bond acceptors (Lipinski definition) is 1. The molecule has 1 atom stereocenters. The fourth-order valence-electron chi connectivity index (χ4n) is 2.79. The highest BCUT2D eigenvalue weighted by atomic mass is 35.5. The van der Waals surface area contributed by atoms with Gasteiger partial charge >= 0.3 is 6.03 Å². The summed E-state index contributed by atoms with van der Waals surface area (Å²) >= 11 is 5.85. The Bertz CT molecular complexity index is 652. The van der Waals surface area contributed by atoms with Gasteiger partial charge in [0, 0.05) is 29.7 Å². The fraction of sp³-hybridized carbons (Fsp3) is 0.278. The molecule has 0 saturated carbocycles. The van der Waals surface area contributed by atoms with E-state index in [1.165, 1.54) is 11.1 Å². The molecule has 2 amide bonds. The number of aryl methyl sites for hydroxylation is 1. The van der Waals surface area contributed by atoms with Crippen molar-refractivity contribution in [3.8, 4) is 0 Å². The molecular formula is C18H19ClN2O. The molecule has 0 bridgehead atoms. The minimum absolute atomic E-state index is 0.0445. The summed E-state index contributed by atoms with van der Waals surface area (Å²) in [5, 5.41) is 3.59. The Morgan fingerprint density at radius 2 is 1.82 bits per heavy atom. The lowest BCUT2D eigenvalue weighted by Gasteiger charge is -2.17. The van der Waals surface area contributed by atoms with Crippen LogP contribution < -0.4 is 5.32 Å². The van der Waals surface area contributed by atoms with E-state index >= 15 is 0 Å². The van der Waals surface area contributed by atoms with Gasteiger partial charge in [-0.2, -0.15) is 0 Å². The number of likely N-dealkylation sites (tertiary alicyclic amines) is 1. The molecule has 0 spiro atoms. The third-order valence-corrected chi connectivity index (χ3v) is 4.37. The smallest absolute Gasteiger partial charge is 0.321 e. The third-order valence-electron chi connectivity index (χ3n) is 4.12. The summed E-state index contributed by atoms with van der Waals surface area (Å²) in [6.45, 7) is 3.64. The molecule has 1 N–H and O–H groups in total. The number of nitrogens with zero attached hydrogens (tertiary/aromatic N) is 1. The number of amides is 2. The summed E-state index contributed by atoms with van der Waals surface area (Å²) < 4.78 is 0. The first kappa shape index (κ1) is 14.9. The first-order valence-corrected chi connectivity index (χ1v) is 7.88. The summed E-state index contributed by atoms with van der Waals surface area (Å²) in [4.78, 5) is 14.2. The van der Waals surface area contributed by atoms with E-state index in [-0.39, 0.29) is 6.03 Å². The van der Waals surface area contributed by atoms with Crippen LogP contribution in [-0.4, -0.2) is 24.0 Å². The van der Waals surface area contributed by atoms with Crippen LogP contribution in [0.5, 0.6) is 0 Å². The lowest BCUT2D eigenvalue weighted by molar-refractivity contribution is 0.222. The van der Waals surface area contributed by atoms with Crippen LogP contribution in [0.1, 0.15) is 23.5 Å². The number of urea groups is 1. The molecule has 0 radical (unpaired) electrons. The SMILES string of the molecule is Cc1ccc([C@@H]2CCN(C(=O)Nc3ccc(Cl)cc3)C2)cc1. The van der Waals surface area contributed by atoms with Crippen LogP contribution in [0.4, 0.5) is 10.5 Å². The van der Waals surface area contributed by atoms with E-state index in [4.69, 9.17) is 11.6 Å². The second-order valence-electron chi connectivity index (χ2n) is 5.78. The number of hydrogen-bond donors (Lipinski definition) is 1. The summed E-state index contributed by atoms with van der Waals surface area (Å²) in [5.74, 6) is 0.427. The molecule has 0 aliphatic carbocycles. The van der Waals surface area contributed by atoms with Gasteiger partial charge in [-0.05, 0) is 43.2 Å². The van der Waals surface area contributed by atoms with E-state index in [1.807, 2.05) is 17.0 Å². The van der Waals surface area contributed by atoms with Gasteiger partial charge in [0.15, 0.2) is 0 Å². The van der Waals surface area contributed by atoms with Gasteiger partial charge in [0.1, 0.15) is 0 Å². The maximum atomic E-state index is 12.3. The molecule has 1 aliphatic heterocycles. The Hall–Kier alpha value is -2.00. The second kappa shape index (κ2) is 6.41. The van der Waals surface area contributed by atoms with E-state index in [1.54, 1.807) is 12.1 Å². The van der Waals surface area contributed by atoms with Gasteiger partial charge in [-0.1, -0.05) is 41.4 Å². The molecule has 0 unspecified atom stereocenters. The van der Waals surface area contributed by atoms with Gasteiger partial charge in [-0.3, -0.25) is 0 Å². The molecule has 3 nitrogen and oxygen atoms in total. The average Bonchev–Trinajstić information content (AvgIpc) is 3.00. The van der Waals surface area contributed by atoms with E-state index < -0.39 is 0 Å². The average molecular weight is 315 g/mol. The largest absolute Gasteiger partial charge is 0.324 e. The predicted molar refractivity (Wildman–Crippen MR) is 90.6 cm³/mol. The Labute approximate surface area is 135 Å². The van der Waals surface area contributed by atoms with Crippen LogP contribution in [0.15, 0.2) is 48.5 Å². The molecule has 4 heteroatoms. The monoisotopic (exact) mass is 314 g/mol. The highest BCUT2D eigenvalue weighted by Gasteiger charge is 2.27. The van der Waals surface area contributed by atoms with Crippen LogP contribution in [0.2, 0.25) is 5.02 Å². The van der Waals surface area contributed by atoms with Crippen molar-refractivity contribution in [2.45, 2.75) is 19.3 Å². The van der Waals surface area contributed by atoms with Crippen molar-refractivity contribution in [2.24, 2.45) is 0 Å². The van der Waals surface area contributed by atoms with E-state index in [2.05, 4.69) is 36.5 Å². The Kier molecular flexibility index (Phi) is 4.34. The van der Waals surface area contributed by atoms with E-state index in [0.717, 1.165) is 25.2 Å². The van der Waals surface area contributed by atoms with E-state index in [0.29, 0.717) is 10.9 Å². The molecule has 1 aliphatic rings. The minimum atomic E-state index is -0.0445. The van der Waals surface area contributed by atoms with Gasteiger partial charge < -0.3 is 10.2 Å². The van der Waals surface area contributed by atoms with Gasteiger partial charge in [0.05, 0.1) is 0 Å². The minimum Gasteiger partial charge on any atom is -0.324 e. The molecule has 1 saturated heterocycles. The van der Waals surface area contributed by atoms with Crippen molar-refractivity contribution in [3.63, 3.8) is 0 Å². The molecule has 2 aromatic rings. The molecule has 0 aromatic heterocycles. The Morgan fingerprint density at radius 1 is 1.14 bits per heavy atom. The summed E-state index contributed by atoms with van der Waals surface area (Å²) in [6.07, 6.45) is 1.01. The molecule has 1 heterocycles.